The summed E-state index contributed by atoms with van der Waals surface area (Å²) in [5, 5.41) is 1.23. The highest BCUT2D eigenvalue weighted by molar-refractivity contribution is 5.86. The molecule has 0 radical (unpaired) electrons. The van der Waals surface area contributed by atoms with Crippen molar-refractivity contribution in [3.05, 3.63) is 36.0 Å². The number of carbonyl (C=O) groups excluding carboxylic acids is 1. The maximum absolute atomic E-state index is 11.8. The summed E-state index contributed by atoms with van der Waals surface area (Å²) in [5.41, 5.74) is 2.39. The number of aromatic amines is 1. The lowest BCUT2D eigenvalue weighted by Crippen LogP contribution is -2.10. The van der Waals surface area contributed by atoms with Gasteiger partial charge in [0.2, 0.25) is 0 Å². The highest BCUT2D eigenvalue weighted by Gasteiger charge is 2.16. The van der Waals surface area contributed by atoms with E-state index in [0.29, 0.717) is 12.2 Å². The number of benzene rings is 1. The summed E-state index contributed by atoms with van der Waals surface area (Å²) < 4.78 is 0. The summed E-state index contributed by atoms with van der Waals surface area (Å²) in [4.78, 5) is 15.0. The molecule has 0 saturated heterocycles. The fourth-order valence-electron chi connectivity index (χ4n) is 2.15. The molecule has 0 spiro atoms. The molecule has 1 atom stereocenters. The Hall–Kier alpha value is -1.57. The molecule has 1 N–H and O–H groups in total. The van der Waals surface area contributed by atoms with Crippen LogP contribution in [-0.2, 0) is 4.79 Å². The van der Waals surface area contributed by atoms with E-state index in [4.69, 9.17) is 0 Å². The van der Waals surface area contributed by atoms with Gasteiger partial charge in [0, 0.05) is 29.4 Å². The van der Waals surface area contributed by atoms with Crippen molar-refractivity contribution in [2.45, 2.75) is 33.1 Å². The zero-order valence-electron chi connectivity index (χ0n) is 10.7. The molecule has 0 unspecified atom stereocenters. The van der Waals surface area contributed by atoms with E-state index >= 15 is 0 Å². The molecule has 1 aromatic carbocycles. The lowest BCUT2D eigenvalue weighted by Gasteiger charge is -2.11. The summed E-state index contributed by atoms with van der Waals surface area (Å²) in [5.74, 6) is 0.742. The van der Waals surface area contributed by atoms with Gasteiger partial charge in [-0.1, -0.05) is 39.0 Å². The van der Waals surface area contributed by atoms with Crippen LogP contribution < -0.4 is 0 Å². The van der Waals surface area contributed by atoms with E-state index in [2.05, 4.69) is 24.0 Å². The summed E-state index contributed by atoms with van der Waals surface area (Å²) >= 11 is 0. The van der Waals surface area contributed by atoms with Gasteiger partial charge in [-0.15, -0.1) is 0 Å². The second kappa shape index (κ2) is 4.74. The first-order valence-corrected chi connectivity index (χ1v) is 6.18. The molecule has 2 rings (SSSR count). The Balaban J connectivity index is 2.25. The van der Waals surface area contributed by atoms with Gasteiger partial charge < -0.3 is 4.98 Å². The lowest BCUT2D eigenvalue weighted by molar-refractivity contribution is -0.122. The monoisotopic (exact) mass is 229 g/mol. The zero-order valence-corrected chi connectivity index (χ0v) is 10.7. The average Bonchev–Trinajstić information content (AvgIpc) is 2.72. The molecule has 0 fully saturated rings. The molecule has 0 aliphatic heterocycles. The van der Waals surface area contributed by atoms with Crippen LogP contribution in [0.5, 0.6) is 0 Å². The minimum absolute atomic E-state index is 0.127. The number of hydrogen-bond donors (Lipinski definition) is 1. The number of aromatic nitrogens is 1. The van der Waals surface area contributed by atoms with Crippen LogP contribution in [0.2, 0.25) is 0 Å². The van der Waals surface area contributed by atoms with Crippen molar-refractivity contribution in [3.8, 4) is 0 Å². The maximum Gasteiger partial charge on any atom is 0.136 e. The molecule has 0 aliphatic carbocycles. The van der Waals surface area contributed by atoms with Gasteiger partial charge in [0.05, 0.1) is 0 Å². The third-order valence-electron chi connectivity index (χ3n) is 3.30. The van der Waals surface area contributed by atoms with Crippen LogP contribution in [0, 0.1) is 5.92 Å². The first-order valence-electron chi connectivity index (χ1n) is 6.18. The molecule has 0 aliphatic rings. The summed E-state index contributed by atoms with van der Waals surface area (Å²) in [6.45, 7) is 6.05. The van der Waals surface area contributed by atoms with Crippen LogP contribution in [0.25, 0.3) is 10.9 Å². The van der Waals surface area contributed by atoms with Crippen molar-refractivity contribution >= 4 is 16.7 Å². The maximum atomic E-state index is 11.8. The smallest absolute Gasteiger partial charge is 0.136 e. The minimum atomic E-state index is 0.127. The van der Waals surface area contributed by atoms with Crippen LogP contribution in [0.3, 0.4) is 0 Å². The average molecular weight is 229 g/mol. The SMILES string of the molecule is CC(C)C(=O)C[C@@H](C)c1c[nH]c2ccccc12. The molecule has 1 aromatic heterocycles. The molecule has 2 heteroatoms. The van der Waals surface area contributed by atoms with Crippen LogP contribution in [0.1, 0.15) is 38.7 Å². The van der Waals surface area contributed by atoms with Crippen LogP contribution in [0.15, 0.2) is 30.5 Å². The van der Waals surface area contributed by atoms with Gasteiger partial charge in [0.15, 0.2) is 0 Å². The Morgan fingerprint density at radius 1 is 1.24 bits per heavy atom. The highest BCUT2D eigenvalue weighted by atomic mass is 16.1. The van der Waals surface area contributed by atoms with Crippen LogP contribution in [0.4, 0.5) is 0 Å². The van der Waals surface area contributed by atoms with Gasteiger partial charge in [0.25, 0.3) is 0 Å². The number of carbonyl (C=O) groups is 1. The number of para-hydroxylation sites is 1. The standard InChI is InChI=1S/C15H19NO/c1-10(2)15(17)8-11(3)13-9-16-14-7-5-4-6-12(13)14/h4-7,9-11,16H,8H2,1-3H3/t11-/m1/s1. The highest BCUT2D eigenvalue weighted by Crippen LogP contribution is 2.28. The Morgan fingerprint density at radius 3 is 2.65 bits per heavy atom. The van der Waals surface area contributed by atoms with Crippen LogP contribution in [-0.4, -0.2) is 10.8 Å². The first-order chi connectivity index (χ1) is 8.09. The Morgan fingerprint density at radius 2 is 1.94 bits per heavy atom. The van der Waals surface area contributed by atoms with Gasteiger partial charge in [-0.3, -0.25) is 4.79 Å². The molecule has 17 heavy (non-hydrogen) atoms. The third-order valence-corrected chi connectivity index (χ3v) is 3.30. The van der Waals surface area contributed by atoms with Gasteiger partial charge in [0.1, 0.15) is 5.78 Å². The molecular weight excluding hydrogens is 210 g/mol. The third kappa shape index (κ3) is 2.41. The molecule has 0 saturated carbocycles. The van der Waals surface area contributed by atoms with E-state index in [9.17, 15) is 4.79 Å². The zero-order chi connectivity index (χ0) is 12.4. The first kappa shape index (κ1) is 11.9. The molecule has 0 bridgehead atoms. The Labute approximate surface area is 102 Å². The number of hydrogen-bond acceptors (Lipinski definition) is 1. The minimum Gasteiger partial charge on any atom is -0.361 e. The molecule has 2 nitrogen and oxygen atoms in total. The molecule has 2 aromatic rings. The number of Topliss-reactive ketones (excluding diaryl/α,β-unsaturated/α-hetero) is 1. The predicted molar refractivity (Wildman–Crippen MR) is 71.2 cm³/mol. The second-order valence-corrected chi connectivity index (χ2v) is 5.02. The van der Waals surface area contributed by atoms with Crippen LogP contribution >= 0.6 is 0 Å². The number of H-pyrrole nitrogens is 1. The van der Waals surface area contributed by atoms with Crippen molar-refractivity contribution in [2.24, 2.45) is 5.92 Å². The number of ketones is 1. The van der Waals surface area contributed by atoms with Crippen molar-refractivity contribution in [1.82, 2.24) is 4.98 Å². The summed E-state index contributed by atoms with van der Waals surface area (Å²) in [7, 11) is 0. The summed E-state index contributed by atoms with van der Waals surface area (Å²) in [6, 6.07) is 8.23. The normalized spacial score (nSPS) is 13.2. The van der Waals surface area contributed by atoms with Gasteiger partial charge in [-0.25, -0.2) is 0 Å². The fraction of sp³-hybridized carbons (Fsp3) is 0.400. The topological polar surface area (TPSA) is 32.9 Å². The Bertz CT molecular complexity index is 524. The number of fused-ring (bicyclic) bond motifs is 1. The quantitative estimate of drug-likeness (QED) is 0.847. The van der Waals surface area contributed by atoms with Crippen molar-refractivity contribution in [3.63, 3.8) is 0 Å². The largest absolute Gasteiger partial charge is 0.361 e. The van der Waals surface area contributed by atoms with Gasteiger partial charge in [-0.05, 0) is 17.5 Å². The van der Waals surface area contributed by atoms with E-state index in [1.165, 1.54) is 10.9 Å². The van der Waals surface area contributed by atoms with E-state index in [1.54, 1.807) is 0 Å². The summed E-state index contributed by atoms with van der Waals surface area (Å²) in [6.07, 6.45) is 2.66. The molecule has 0 amide bonds. The van der Waals surface area contributed by atoms with E-state index < -0.39 is 0 Å². The number of rotatable bonds is 4. The number of nitrogens with one attached hydrogen (secondary N) is 1. The molecule has 1 heterocycles. The van der Waals surface area contributed by atoms with Gasteiger partial charge >= 0.3 is 0 Å². The molecular formula is C15H19NO. The van der Waals surface area contributed by atoms with Gasteiger partial charge in [-0.2, -0.15) is 0 Å². The van der Waals surface area contributed by atoms with Crippen molar-refractivity contribution in [2.75, 3.05) is 0 Å². The fourth-order valence-corrected chi connectivity index (χ4v) is 2.15. The van der Waals surface area contributed by atoms with E-state index in [-0.39, 0.29) is 11.8 Å². The van der Waals surface area contributed by atoms with Crippen molar-refractivity contribution < 1.29 is 4.79 Å². The predicted octanol–water partition coefficient (Wildman–Crippen LogP) is 3.89. The molecule has 90 valence electrons. The van der Waals surface area contributed by atoms with E-state index in [1.807, 2.05) is 32.2 Å². The van der Waals surface area contributed by atoms with Crippen molar-refractivity contribution in [1.29, 1.82) is 0 Å². The Kier molecular flexibility index (Phi) is 3.32. The second-order valence-electron chi connectivity index (χ2n) is 5.02. The lowest BCUT2D eigenvalue weighted by atomic mass is 9.92. The van der Waals surface area contributed by atoms with E-state index in [0.717, 1.165) is 5.52 Å².